The van der Waals surface area contributed by atoms with Gasteiger partial charge in [0, 0.05) is 6.07 Å². The summed E-state index contributed by atoms with van der Waals surface area (Å²) >= 11 is 0. The third kappa shape index (κ3) is 3.45. The number of rotatable bonds is 3. The van der Waals surface area contributed by atoms with Gasteiger partial charge in [-0.3, -0.25) is 4.79 Å². The molecule has 0 saturated carbocycles. The molecule has 172 valence electrons. The summed E-state index contributed by atoms with van der Waals surface area (Å²) < 4.78 is 11.0. The van der Waals surface area contributed by atoms with Crippen molar-refractivity contribution in [1.29, 1.82) is 0 Å². The Morgan fingerprint density at radius 1 is 0.875 bits per heavy atom. The zero-order valence-electron chi connectivity index (χ0n) is 16.4. The van der Waals surface area contributed by atoms with Crippen LogP contribution in [0.1, 0.15) is 33.7 Å². The van der Waals surface area contributed by atoms with Crippen molar-refractivity contribution >= 4 is 5.78 Å². The highest BCUT2D eigenvalue weighted by Gasteiger charge is 2.48. The topological polar surface area (TPSA) is 197 Å². The lowest BCUT2D eigenvalue weighted by molar-refractivity contribution is -0.232. The number of hydrogen-bond acceptors (Lipinski definition) is 11. The summed E-state index contributed by atoms with van der Waals surface area (Å²) in [6.45, 7) is -0.733. The highest BCUT2D eigenvalue weighted by molar-refractivity contribution is 6.06. The van der Waals surface area contributed by atoms with Gasteiger partial charge in [-0.2, -0.15) is 0 Å². The summed E-state index contributed by atoms with van der Waals surface area (Å²) in [5, 5.41) is 80.9. The van der Waals surface area contributed by atoms with Gasteiger partial charge in [-0.15, -0.1) is 0 Å². The second-order valence-electron chi connectivity index (χ2n) is 7.72. The Bertz CT molecular complexity index is 1020. The minimum Gasteiger partial charge on any atom is -0.508 e. The lowest BCUT2D eigenvalue weighted by atomic mass is 9.86. The standard InChI is InChI=1S/C21H22O11/c22-6-11-14(25)17(28)19(30)21(32-11)12-9(24)5-10-13(15(12)26)16(27)18(29)20(31-10)7-1-3-8(23)4-2-7/h1-5,11,14,17-26,28-30H,6H2/t11-,14-,17+,18-,19-,20+,21+/m1/s1. The fourth-order valence-corrected chi connectivity index (χ4v) is 4.00. The summed E-state index contributed by atoms with van der Waals surface area (Å²) in [4.78, 5) is 12.9. The summed E-state index contributed by atoms with van der Waals surface area (Å²) in [7, 11) is 0. The van der Waals surface area contributed by atoms with Crippen LogP contribution in [0.4, 0.5) is 0 Å². The van der Waals surface area contributed by atoms with E-state index in [1.165, 1.54) is 24.3 Å². The van der Waals surface area contributed by atoms with Gasteiger partial charge in [0.15, 0.2) is 12.2 Å². The largest absolute Gasteiger partial charge is 0.508 e. The summed E-state index contributed by atoms with van der Waals surface area (Å²) in [5.41, 5.74) is -0.600. The number of fused-ring (bicyclic) bond motifs is 1. The van der Waals surface area contributed by atoms with E-state index >= 15 is 0 Å². The van der Waals surface area contributed by atoms with Gasteiger partial charge < -0.3 is 50.3 Å². The molecule has 11 nitrogen and oxygen atoms in total. The minimum atomic E-state index is -1.82. The Kier molecular flexibility index (Phi) is 5.71. The number of aliphatic hydroxyl groups is 5. The van der Waals surface area contributed by atoms with E-state index in [0.717, 1.165) is 6.07 Å². The second-order valence-corrected chi connectivity index (χ2v) is 7.72. The molecule has 8 N–H and O–H groups in total. The second kappa shape index (κ2) is 8.20. The first-order valence-electron chi connectivity index (χ1n) is 9.72. The van der Waals surface area contributed by atoms with Crippen LogP contribution in [0, 0.1) is 0 Å². The van der Waals surface area contributed by atoms with E-state index in [4.69, 9.17) is 9.47 Å². The molecule has 0 amide bonds. The summed E-state index contributed by atoms with van der Waals surface area (Å²) in [6.07, 6.45) is -11.1. The fraction of sp³-hybridized carbons (Fsp3) is 0.381. The predicted octanol–water partition coefficient (Wildman–Crippen LogP) is -1.00. The van der Waals surface area contributed by atoms with E-state index in [-0.39, 0.29) is 11.5 Å². The minimum absolute atomic E-state index is 0.0368. The molecule has 11 heteroatoms. The summed E-state index contributed by atoms with van der Waals surface area (Å²) in [5.74, 6) is -2.73. The van der Waals surface area contributed by atoms with Crippen LogP contribution in [0.15, 0.2) is 30.3 Å². The Morgan fingerprint density at radius 3 is 2.16 bits per heavy atom. The molecule has 0 aliphatic carbocycles. The van der Waals surface area contributed by atoms with Crippen molar-refractivity contribution in [2.45, 2.75) is 42.7 Å². The Balaban J connectivity index is 1.76. The molecule has 0 radical (unpaired) electrons. The molecular weight excluding hydrogens is 428 g/mol. The van der Waals surface area contributed by atoms with Crippen LogP contribution < -0.4 is 4.74 Å². The zero-order chi connectivity index (χ0) is 23.3. The molecule has 1 fully saturated rings. The monoisotopic (exact) mass is 450 g/mol. The van der Waals surface area contributed by atoms with E-state index in [0.29, 0.717) is 5.56 Å². The number of benzene rings is 2. The molecule has 0 aromatic heterocycles. The first-order valence-corrected chi connectivity index (χ1v) is 9.72. The van der Waals surface area contributed by atoms with Gasteiger partial charge in [0.1, 0.15) is 59.1 Å². The number of phenols is 3. The van der Waals surface area contributed by atoms with Crippen LogP contribution >= 0.6 is 0 Å². The number of carbonyl (C=O) groups is 1. The highest BCUT2D eigenvalue weighted by Crippen LogP contribution is 2.49. The molecule has 0 bridgehead atoms. The number of hydrogen-bond donors (Lipinski definition) is 8. The van der Waals surface area contributed by atoms with Crippen molar-refractivity contribution in [3.63, 3.8) is 0 Å². The fourth-order valence-electron chi connectivity index (χ4n) is 4.00. The van der Waals surface area contributed by atoms with Crippen LogP contribution in [0.5, 0.6) is 23.0 Å². The molecule has 2 aliphatic heterocycles. The van der Waals surface area contributed by atoms with Crippen molar-refractivity contribution in [3.05, 3.63) is 47.0 Å². The normalized spacial score (nSPS) is 32.3. The number of phenolic OH excluding ortho intramolecular Hbond substituents is 3. The van der Waals surface area contributed by atoms with Crippen molar-refractivity contribution in [2.75, 3.05) is 6.61 Å². The number of aliphatic hydroxyl groups excluding tert-OH is 5. The smallest absolute Gasteiger partial charge is 0.202 e. The maximum atomic E-state index is 12.9. The SMILES string of the molecule is O=C1c2c(cc(O)c([C@@H]3O[C@H](CO)[C@@H](O)[C@H](O)[C@H]3O)c2O)O[C@@H](c2ccc(O)cc2)[C@@H]1O. The number of carbonyl (C=O) groups excluding carboxylic acids is 1. The Morgan fingerprint density at radius 2 is 1.53 bits per heavy atom. The van der Waals surface area contributed by atoms with Gasteiger partial charge in [-0.05, 0) is 17.7 Å². The number of Topliss-reactive ketones (excluding diaryl/α,β-unsaturated/α-hetero) is 1. The molecule has 2 aromatic carbocycles. The van der Waals surface area contributed by atoms with Crippen LogP contribution in [0.2, 0.25) is 0 Å². The highest BCUT2D eigenvalue weighted by atomic mass is 16.5. The number of ketones is 1. The van der Waals surface area contributed by atoms with Crippen LogP contribution in [-0.2, 0) is 4.74 Å². The van der Waals surface area contributed by atoms with Crippen LogP contribution in [-0.4, -0.2) is 83.8 Å². The van der Waals surface area contributed by atoms with Crippen LogP contribution in [0.25, 0.3) is 0 Å². The van der Waals surface area contributed by atoms with Crippen LogP contribution in [0.3, 0.4) is 0 Å². The van der Waals surface area contributed by atoms with E-state index in [1.807, 2.05) is 0 Å². The molecule has 2 aromatic rings. The van der Waals surface area contributed by atoms with E-state index < -0.39 is 77.7 Å². The molecule has 1 saturated heterocycles. The third-order valence-corrected chi connectivity index (χ3v) is 5.74. The van der Waals surface area contributed by atoms with Gasteiger partial charge in [-0.1, -0.05) is 12.1 Å². The van der Waals surface area contributed by atoms with Gasteiger partial charge in [-0.25, -0.2) is 0 Å². The molecule has 7 atom stereocenters. The first kappa shape index (κ1) is 22.3. The average Bonchev–Trinajstić information content (AvgIpc) is 2.76. The molecule has 0 unspecified atom stereocenters. The average molecular weight is 450 g/mol. The quantitative estimate of drug-likeness (QED) is 0.285. The number of aromatic hydroxyl groups is 3. The van der Waals surface area contributed by atoms with Gasteiger partial charge >= 0.3 is 0 Å². The predicted molar refractivity (Wildman–Crippen MR) is 104 cm³/mol. The van der Waals surface area contributed by atoms with Crippen molar-refractivity contribution < 1.29 is 55.1 Å². The van der Waals surface area contributed by atoms with Crippen molar-refractivity contribution in [1.82, 2.24) is 0 Å². The molecule has 4 rings (SSSR count). The van der Waals surface area contributed by atoms with Gasteiger partial charge in [0.05, 0.1) is 12.2 Å². The van der Waals surface area contributed by atoms with Crippen molar-refractivity contribution in [3.8, 4) is 23.0 Å². The Hall–Kier alpha value is -2.93. The van der Waals surface area contributed by atoms with E-state index in [2.05, 4.69) is 0 Å². The lowest BCUT2D eigenvalue weighted by Crippen LogP contribution is -2.55. The molecule has 2 aliphatic rings. The van der Waals surface area contributed by atoms with E-state index in [1.54, 1.807) is 0 Å². The van der Waals surface area contributed by atoms with Gasteiger partial charge in [0.25, 0.3) is 0 Å². The van der Waals surface area contributed by atoms with Crippen molar-refractivity contribution in [2.24, 2.45) is 0 Å². The third-order valence-electron chi connectivity index (χ3n) is 5.74. The molecule has 32 heavy (non-hydrogen) atoms. The molecule has 0 spiro atoms. The summed E-state index contributed by atoms with van der Waals surface area (Å²) in [6, 6.07) is 6.53. The molecular formula is C21H22O11. The Labute approximate surface area is 181 Å². The maximum Gasteiger partial charge on any atom is 0.202 e. The van der Waals surface area contributed by atoms with Gasteiger partial charge in [0.2, 0.25) is 5.78 Å². The maximum absolute atomic E-state index is 12.9. The zero-order valence-corrected chi connectivity index (χ0v) is 16.4. The van der Waals surface area contributed by atoms with E-state index in [9.17, 15) is 45.6 Å². The first-order chi connectivity index (χ1) is 15.1. The number of ether oxygens (including phenoxy) is 2. The molecule has 2 heterocycles. The lowest BCUT2D eigenvalue weighted by Gasteiger charge is -2.41.